The molecule has 0 unspecified atom stereocenters. The SMILES string of the molecule is Cc1nn(C(=O)OC(c2ccccc2)c2ccccc2)c(=O)[nH]1. The smallest absolute Gasteiger partial charge is 0.435 e. The number of hydrogen-bond acceptors (Lipinski definition) is 4. The standard InChI is InChI=1S/C17H15N3O3/c1-12-18-16(21)20(19-12)17(22)23-15(13-8-4-2-5-9-13)14-10-6-3-7-11-14/h2-11,15H,1H3,(H,18,19,21). The molecule has 3 aromatic rings. The summed E-state index contributed by atoms with van der Waals surface area (Å²) in [7, 11) is 0. The lowest BCUT2D eigenvalue weighted by Crippen LogP contribution is -2.28. The van der Waals surface area contributed by atoms with Crippen molar-refractivity contribution in [2.45, 2.75) is 13.0 Å². The number of nitrogens with one attached hydrogen (secondary N) is 1. The van der Waals surface area contributed by atoms with E-state index in [9.17, 15) is 9.59 Å². The highest BCUT2D eigenvalue weighted by Crippen LogP contribution is 2.26. The molecule has 0 aliphatic rings. The second-order valence-corrected chi connectivity index (χ2v) is 5.01. The van der Waals surface area contributed by atoms with Crippen LogP contribution < -0.4 is 5.69 Å². The summed E-state index contributed by atoms with van der Waals surface area (Å²) in [5, 5.41) is 3.82. The van der Waals surface area contributed by atoms with E-state index in [0.717, 1.165) is 11.1 Å². The van der Waals surface area contributed by atoms with Gasteiger partial charge in [-0.2, -0.15) is 0 Å². The number of aryl methyl sites for hydroxylation is 1. The first-order chi connectivity index (χ1) is 11.1. The molecule has 116 valence electrons. The molecule has 0 saturated heterocycles. The minimum absolute atomic E-state index is 0.350. The summed E-state index contributed by atoms with van der Waals surface area (Å²) >= 11 is 0. The van der Waals surface area contributed by atoms with Crippen molar-refractivity contribution < 1.29 is 9.53 Å². The molecule has 0 spiro atoms. The molecule has 0 atom stereocenters. The van der Waals surface area contributed by atoms with E-state index < -0.39 is 17.9 Å². The second-order valence-electron chi connectivity index (χ2n) is 5.01. The molecule has 0 saturated carbocycles. The summed E-state index contributed by atoms with van der Waals surface area (Å²) in [5.74, 6) is 0.350. The molecule has 2 aromatic carbocycles. The Balaban J connectivity index is 1.95. The van der Waals surface area contributed by atoms with E-state index in [4.69, 9.17) is 4.74 Å². The molecule has 23 heavy (non-hydrogen) atoms. The molecule has 6 nitrogen and oxygen atoms in total. The van der Waals surface area contributed by atoms with Gasteiger partial charge in [-0.3, -0.25) is 4.98 Å². The van der Waals surface area contributed by atoms with Crippen LogP contribution in [0.25, 0.3) is 0 Å². The maximum atomic E-state index is 12.3. The molecule has 1 N–H and O–H groups in total. The Hall–Kier alpha value is -3.15. The van der Waals surface area contributed by atoms with Crippen molar-refractivity contribution in [2.24, 2.45) is 0 Å². The molecule has 1 heterocycles. The number of hydrogen-bond donors (Lipinski definition) is 1. The van der Waals surface area contributed by atoms with Crippen LogP contribution in [-0.4, -0.2) is 20.9 Å². The number of ether oxygens (including phenoxy) is 1. The molecule has 0 amide bonds. The average Bonchev–Trinajstić information content (AvgIpc) is 2.92. The Kier molecular flexibility index (Phi) is 4.05. The van der Waals surface area contributed by atoms with Crippen LogP contribution in [0.15, 0.2) is 65.5 Å². The fourth-order valence-electron chi connectivity index (χ4n) is 2.29. The molecule has 0 aliphatic carbocycles. The molecule has 0 bridgehead atoms. The highest BCUT2D eigenvalue weighted by Gasteiger charge is 2.22. The number of nitrogens with zero attached hydrogens (tertiary/aromatic N) is 2. The van der Waals surface area contributed by atoms with Gasteiger partial charge in [-0.15, -0.1) is 9.78 Å². The molecular weight excluding hydrogens is 294 g/mol. The zero-order valence-electron chi connectivity index (χ0n) is 12.5. The van der Waals surface area contributed by atoms with Crippen LogP contribution in [0.1, 0.15) is 23.1 Å². The molecule has 1 aromatic heterocycles. The Bertz CT molecular complexity index is 814. The number of rotatable bonds is 3. The quantitative estimate of drug-likeness (QED) is 0.807. The molecule has 3 rings (SSSR count). The van der Waals surface area contributed by atoms with E-state index in [1.807, 2.05) is 60.7 Å². The van der Waals surface area contributed by atoms with Crippen LogP contribution in [-0.2, 0) is 4.74 Å². The normalized spacial score (nSPS) is 10.7. The van der Waals surface area contributed by atoms with Gasteiger partial charge in [0.05, 0.1) is 0 Å². The summed E-state index contributed by atoms with van der Waals surface area (Å²) in [5.41, 5.74) is 1.01. The summed E-state index contributed by atoms with van der Waals surface area (Å²) < 4.78 is 6.23. The Morgan fingerprint density at radius 1 is 1.04 bits per heavy atom. The maximum Gasteiger partial charge on any atom is 0.440 e. The van der Waals surface area contributed by atoms with Gasteiger partial charge in [-0.05, 0) is 18.1 Å². The van der Waals surface area contributed by atoms with Gasteiger partial charge in [0.25, 0.3) is 0 Å². The van der Waals surface area contributed by atoms with Gasteiger partial charge in [0, 0.05) is 0 Å². The van der Waals surface area contributed by atoms with E-state index in [0.29, 0.717) is 10.5 Å². The molecule has 0 fully saturated rings. The van der Waals surface area contributed by atoms with Gasteiger partial charge < -0.3 is 4.74 Å². The summed E-state index contributed by atoms with van der Waals surface area (Å²) in [6.07, 6.45) is -1.44. The van der Waals surface area contributed by atoms with E-state index in [1.165, 1.54) is 0 Å². The first kappa shape index (κ1) is 14.8. The van der Waals surface area contributed by atoms with Gasteiger partial charge in [0.2, 0.25) is 0 Å². The minimum Gasteiger partial charge on any atom is -0.435 e. The van der Waals surface area contributed by atoms with Gasteiger partial charge in [-0.1, -0.05) is 60.7 Å². The van der Waals surface area contributed by atoms with Crippen molar-refractivity contribution >= 4 is 6.09 Å². The minimum atomic E-state index is -0.822. The van der Waals surface area contributed by atoms with Gasteiger partial charge >= 0.3 is 11.8 Å². The third-order valence-electron chi connectivity index (χ3n) is 3.33. The highest BCUT2D eigenvalue weighted by atomic mass is 16.6. The summed E-state index contributed by atoms with van der Waals surface area (Å²) in [6.45, 7) is 1.59. The lowest BCUT2D eigenvalue weighted by molar-refractivity contribution is 0.114. The van der Waals surface area contributed by atoms with Crippen molar-refractivity contribution in [3.8, 4) is 0 Å². The van der Waals surface area contributed by atoms with Crippen LogP contribution in [0.5, 0.6) is 0 Å². The number of benzene rings is 2. The third-order valence-corrected chi connectivity index (χ3v) is 3.33. The summed E-state index contributed by atoms with van der Waals surface area (Å²) in [4.78, 5) is 26.4. The second kappa shape index (κ2) is 6.31. The fraction of sp³-hybridized carbons (Fsp3) is 0.118. The fourth-order valence-corrected chi connectivity index (χ4v) is 2.29. The van der Waals surface area contributed by atoms with Crippen molar-refractivity contribution in [2.75, 3.05) is 0 Å². The van der Waals surface area contributed by atoms with Gasteiger partial charge in [-0.25, -0.2) is 9.59 Å². The third kappa shape index (κ3) is 3.21. The van der Waals surface area contributed by atoms with E-state index in [-0.39, 0.29) is 0 Å². The number of H-pyrrole nitrogens is 1. The van der Waals surface area contributed by atoms with Crippen LogP contribution in [0.4, 0.5) is 4.79 Å². The highest BCUT2D eigenvalue weighted by molar-refractivity contribution is 5.69. The van der Waals surface area contributed by atoms with Gasteiger partial charge in [0.1, 0.15) is 5.82 Å². The lowest BCUT2D eigenvalue weighted by Gasteiger charge is -2.18. The van der Waals surface area contributed by atoms with Crippen molar-refractivity contribution in [3.05, 3.63) is 88.1 Å². The largest absolute Gasteiger partial charge is 0.440 e. The first-order valence-electron chi connectivity index (χ1n) is 7.12. The van der Waals surface area contributed by atoms with Gasteiger partial charge in [0.15, 0.2) is 6.10 Å². The molecule has 0 aliphatic heterocycles. The zero-order valence-corrected chi connectivity index (χ0v) is 12.5. The van der Waals surface area contributed by atoms with E-state index in [2.05, 4.69) is 10.1 Å². The average molecular weight is 309 g/mol. The Morgan fingerprint density at radius 2 is 1.57 bits per heavy atom. The number of carbonyl (C=O) groups is 1. The predicted octanol–water partition coefficient (Wildman–Crippen LogP) is 2.65. The van der Waals surface area contributed by atoms with Crippen LogP contribution in [0, 0.1) is 6.92 Å². The number of aromatic nitrogens is 3. The van der Waals surface area contributed by atoms with Crippen LogP contribution in [0.3, 0.4) is 0 Å². The maximum absolute atomic E-state index is 12.3. The van der Waals surface area contributed by atoms with Crippen molar-refractivity contribution in [1.29, 1.82) is 0 Å². The summed E-state index contributed by atoms with van der Waals surface area (Å²) in [6, 6.07) is 18.7. The zero-order chi connectivity index (χ0) is 16.2. The van der Waals surface area contributed by atoms with Crippen molar-refractivity contribution in [3.63, 3.8) is 0 Å². The van der Waals surface area contributed by atoms with Crippen molar-refractivity contribution in [1.82, 2.24) is 14.8 Å². The number of aromatic amines is 1. The first-order valence-corrected chi connectivity index (χ1v) is 7.12. The van der Waals surface area contributed by atoms with Crippen LogP contribution in [0.2, 0.25) is 0 Å². The van der Waals surface area contributed by atoms with Crippen LogP contribution >= 0.6 is 0 Å². The lowest BCUT2D eigenvalue weighted by atomic mass is 10.0. The number of carbonyl (C=O) groups excluding carboxylic acids is 1. The predicted molar refractivity (Wildman–Crippen MR) is 84.2 cm³/mol. The Morgan fingerprint density at radius 3 is 2.00 bits per heavy atom. The van der Waals surface area contributed by atoms with E-state index >= 15 is 0 Å². The Labute approximate surface area is 132 Å². The molecule has 0 radical (unpaired) electrons. The van der Waals surface area contributed by atoms with E-state index in [1.54, 1.807) is 6.92 Å². The monoisotopic (exact) mass is 309 g/mol. The topological polar surface area (TPSA) is 77.0 Å². The molecule has 6 heteroatoms. The molecular formula is C17H15N3O3.